The zero-order chi connectivity index (χ0) is 17.9. The van der Waals surface area contributed by atoms with Crippen molar-refractivity contribution in [3.8, 4) is 0 Å². The molecule has 0 saturated carbocycles. The first kappa shape index (κ1) is 17.1. The zero-order valence-corrected chi connectivity index (χ0v) is 11.7. The largest absolute Gasteiger partial charge is 0.416 e. The van der Waals surface area contributed by atoms with Gasteiger partial charge in [0, 0.05) is 12.3 Å². The van der Waals surface area contributed by atoms with E-state index >= 15 is 0 Å². The number of nitro groups is 2. The van der Waals surface area contributed by atoms with E-state index < -0.39 is 33.0 Å². The van der Waals surface area contributed by atoms with Crippen molar-refractivity contribution in [3.05, 3.63) is 73.8 Å². The molecule has 0 fully saturated rings. The van der Waals surface area contributed by atoms with Crippen molar-refractivity contribution in [3.63, 3.8) is 0 Å². The van der Waals surface area contributed by atoms with Crippen LogP contribution < -0.4 is 0 Å². The van der Waals surface area contributed by atoms with E-state index in [0.717, 1.165) is 42.6 Å². The Morgan fingerprint density at radius 2 is 1.71 bits per heavy atom. The van der Waals surface area contributed by atoms with Crippen LogP contribution in [0.5, 0.6) is 0 Å². The van der Waals surface area contributed by atoms with Crippen molar-refractivity contribution >= 4 is 23.3 Å². The summed E-state index contributed by atoms with van der Waals surface area (Å²) in [6.45, 7) is 0. The number of rotatable bonds is 4. The Kier molecular flexibility index (Phi) is 4.58. The molecule has 0 aromatic heterocycles. The monoisotopic (exact) mass is 339 g/mol. The Hall–Kier alpha value is -3.30. The first-order chi connectivity index (χ1) is 11.2. The smallest absolute Gasteiger partial charge is 0.258 e. The fraction of sp³-hybridized carbons (Fsp3) is 0.0714. The molecule has 0 bridgehead atoms. The van der Waals surface area contributed by atoms with E-state index in [0.29, 0.717) is 0 Å². The van der Waals surface area contributed by atoms with Crippen LogP contribution in [0, 0.1) is 20.2 Å². The molecule has 0 radical (unpaired) electrons. The van der Waals surface area contributed by atoms with Gasteiger partial charge in [-0.2, -0.15) is 13.2 Å². The topological polar surface area (TPSA) is 98.6 Å². The molecule has 24 heavy (non-hydrogen) atoms. The van der Waals surface area contributed by atoms with Gasteiger partial charge in [-0.3, -0.25) is 25.2 Å². The van der Waals surface area contributed by atoms with Crippen LogP contribution in [0.1, 0.15) is 11.1 Å². The predicted octanol–water partition coefficient (Wildman–Crippen LogP) is 4.27. The SMILES string of the molecule is O=[N+]([O-])c1ccc(C=Nc2cccc(C(F)(F)F)c2)c([N+](=O)[O-])c1. The van der Waals surface area contributed by atoms with Crippen LogP contribution in [0.15, 0.2) is 47.5 Å². The minimum atomic E-state index is -4.54. The highest BCUT2D eigenvalue weighted by Gasteiger charge is 2.30. The van der Waals surface area contributed by atoms with Gasteiger partial charge in [-0.15, -0.1) is 0 Å². The van der Waals surface area contributed by atoms with Gasteiger partial charge in [0.1, 0.15) is 0 Å². The fourth-order valence-corrected chi connectivity index (χ4v) is 1.82. The highest BCUT2D eigenvalue weighted by molar-refractivity contribution is 5.87. The molecule has 10 heteroatoms. The Bertz CT molecular complexity index is 834. The lowest BCUT2D eigenvalue weighted by atomic mass is 10.1. The molecule has 2 rings (SSSR count). The van der Waals surface area contributed by atoms with Gasteiger partial charge in [0.2, 0.25) is 0 Å². The number of non-ortho nitro benzene ring substituents is 1. The second-order valence-electron chi connectivity index (χ2n) is 4.56. The third-order valence-corrected chi connectivity index (χ3v) is 2.95. The molecule has 0 atom stereocenters. The average Bonchev–Trinajstić information content (AvgIpc) is 2.52. The van der Waals surface area contributed by atoms with E-state index in [1.807, 2.05) is 0 Å². The number of benzene rings is 2. The molecular weight excluding hydrogens is 331 g/mol. The molecule has 0 saturated heterocycles. The number of nitro benzene ring substituents is 2. The van der Waals surface area contributed by atoms with E-state index in [2.05, 4.69) is 4.99 Å². The summed E-state index contributed by atoms with van der Waals surface area (Å²) in [6.07, 6.45) is -3.55. The highest BCUT2D eigenvalue weighted by atomic mass is 19.4. The van der Waals surface area contributed by atoms with Crippen LogP contribution in [-0.2, 0) is 6.18 Å². The van der Waals surface area contributed by atoms with Gasteiger partial charge in [0.15, 0.2) is 0 Å². The lowest BCUT2D eigenvalue weighted by Crippen LogP contribution is -2.03. The van der Waals surface area contributed by atoms with Gasteiger partial charge in [-0.05, 0) is 24.3 Å². The molecule has 2 aromatic carbocycles. The first-order valence-corrected chi connectivity index (χ1v) is 6.32. The summed E-state index contributed by atoms with van der Waals surface area (Å²) < 4.78 is 37.8. The average molecular weight is 339 g/mol. The second-order valence-corrected chi connectivity index (χ2v) is 4.56. The standard InChI is InChI=1S/C14H8F3N3O4/c15-14(16,17)10-2-1-3-11(6-10)18-8-9-4-5-12(19(21)22)7-13(9)20(23)24/h1-8H. The molecule has 124 valence electrons. The summed E-state index contributed by atoms with van der Waals surface area (Å²) in [5.74, 6) is 0. The number of hydrogen-bond acceptors (Lipinski definition) is 5. The molecule has 0 aliphatic heterocycles. The number of halogens is 3. The van der Waals surface area contributed by atoms with Crippen molar-refractivity contribution in [2.24, 2.45) is 4.99 Å². The quantitative estimate of drug-likeness (QED) is 0.472. The molecule has 2 aromatic rings. The van der Waals surface area contributed by atoms with E-state index in [1.54, 1.807) is 0 Å². The van der Waals surface area contributed by atoms with Crippen LogP contribution in [0.4, 0.5) is 30.2 Å². The van der Waals surface area contributed by atoms with Crippen molar-refractivity contribution in [2.75, 3.05) is 0 Å². The Morgan fingerprint density at radius 3 is 2.29 bits per heavy atom. The maximum atomic E-state index is 12.6. The molecule has 0 N–H and O–H groups in total. The minimum absolute atomic E-state index is 0.0579. The van der Waals surface area contributed by atoms with E-state index in [1.165, 1.54) is 6.07 Å². The Morgan fingerprint density at radius 1 is 1.00 bits per heavy atom. The number of alkyl halides is 3. The molecule has 7 nitrogen and oxygen atoms in total. The number of aliphatic imine (C=N–C) groups is 1. The van der Waals surface area contributed by atoms with Gasteiger partial charge in [0.25, 0.3) is 11.4 Å². The summed E-state index contributed by atoms with van der Waals surface area (Å²) in [7, 11) is 0. The van der Waals surface area contributed by atoms with Crippen LogP contribution in [0.3, 0.4) is 0 Å². The molecule has 0 spiro atoms. The van der Waals surface area contributed by atoms with Crippen molar-refractivity contribution in [1.29, 1.82) is 0 Å². The molecule has 0 heterocycles. The summed E-state index contributed by atoms with van der Waals surface area (Å²) in [4.78, 5) is 23.8. The molecular formula is C14H8F3N3O4. The second kappa shape index (κ2) is 6.44. The summed E-state index contributed by atoms with van der Waals surface area (Å²) in [5.41, 5.74) is -2.08. The summed E-state index contributed by atoms with van der Waals surface area (Å²) in [5, 5.41) is 21.6. The number of hydrogen-bond donors (Lipinski definition) is 0. The van der Waals surface area contributed by atoms with E-state index in [-0.39, 0.29) is 11.3 Å². The third-order valence-electron chi connectivity index (χ3n) is 2.95. The Balaban J connectivity index is 2.39. The molecule has 0 aliphatic rings. The van der Waals surface area contributed by atoms with Crippen molar-refractivity contribution in [2.45, 2.75) is 6.18 Å². The lowest BCUT2D eigenvalue weighted by molar-refractivity contribution is -0.394. The van der Waals surface area contributed by atoms with Crippen LogP contribution in [-0.4, -0.2) is 16.1 Å². The van der Waals surface area contributed by atoms with Gasteiger partial charge >= 0.3 is 6.18 Å². The molecule has 0 amide bonds. The minimum Gasteiger partial charge on any atom is -0.258 e. The lowest BCUT2D eigenvalue weighted by Gasteiger charge is -2.06. The van der Waals surface area contributed by atoms with E-state index in [9.17, 15) is 33.4 Å². The summed E-state index contributed by atoms with van der Waals surface area (Å²) in [6, 6.07) is 7.01. The first-order valence-electron chi connectivity index (χ1n) is 6.32. The molecule has 0 unspecified atom stereocenters. The number of nitrogens with zero attached hydrogens (tertiary/aromatic N) is 3. The third kappa shape index (κ3) is 3.91. The van der Waals surface area contributed by atoms with E-state index in [4.69, 9.17) is 0 Å². The predicted molar refractivity (Wildman–Crippen MR) is 78.4 cm³/mol. The van der Waals surface area contributed by atoms with Crippen molar-refractivity contribution in [1.82, 2.24) is 0 Å². The maximum Gasteiger partial charge on any atom is 0.416 e. The van der Waals surface area contributed by atoms with Crippen LogP contribution in [0.25, 0.3) is 0 Å². The van der Waals surface area contributed by atoms with Gasteiger partial charge in [-0.1, -0.05) is 6.07 Å². The summed E-state index contributed by atoms with van der Waals surface area (Å²) >= 11 is 0. The molecule has 0 aliphatic carbocycles. The Labute approximate surface area is 132 Å². The van der Waals surface area contributed by atoms with Crippen LogP contribution in [0.2, 0.25) is 0 Å². The van der Waals surface area contributed by atoms with Gasteiger partial charge < -0.3 is 0 Å². The normalized spacial score (nSPS) is 11.6. The maximum absolute atomic E-state index is 12.6. The van der Waals surface area contributed by atoms with Crippen LogP contribution >= 0.6 is 0 Å². The highest BCUT2D eigenvalue weighted by Crippen LogP contribution is 2.31. The fourth-order valence-electron chi connectivity index (χ4n) is 1.82. The van der Waals surface area contributed by atoms with Gasteiger partial charge in [-0.25, -0.2) is 0 Å². The van der Waals surface area contributed by atoms with Gasteiger partial charge in [0.05, 0.1) is 32.7 Å². The zero-order valence-electron chi connectivity index (χ0n) is 11.7. The van der Waals surface area contributed by atoms with Crippen molar-refractivity contribution < 1.29 is 23.0 Å².